The summed E-state index contributed by atoms with van der Waals surface area (Å²) in [5, 5.41) is 3.12. The molecule has 4 rings (SSSR count). The average molecular weight is 510 g/mol. The van der Waals surface area contributed by atoms with Gasteiger partial charge in [0, 0.05) is 61.0 Å². The van der Waals surface area contributed by atoms with Crippen molar-refractivity contribution in [2.75, 3.05) is 31.2 Å². The van der Waals surface area contributed by atoms with Gasteiger partial charge in [-0.3, -0.25) is 14.5 Å². The maximum absolute atomic E-state index is 12.9. The maximum Gasteiger partial charge on any atom is 0.227 e. The summed E-state index contributed by atoms with van der Waals surface area (Å²) >= 11 is 6.40. The van der Waals surface area contributed by atoms with Gasteiger partial charge in [0.05, 0.1) is 5.25 Å². The van der Waals surface area contributed by atoms with Gasteiger partial charge >= 0.3 is 0 Å². The van der Waals surface area contributed by atoms with Crippen LogP contribution in [-0.2, 0) is 26.0 Å². The Kier molecular flexibility index (Phi) is 7.60. The molecular weight excluding hydrogens is 474 g/mol. The monoisotopic (exact) mass is 509 g/mol. The molecule has 3 aliphatic rings. The highest BCUT2D eigenvalue weighted by Gasteiger charge is 2.40. The molecule has 0 aromatic heterocycles. The first-order chi connectivity index (χ1) is 16.0. The second kappa shape index (κ2) is 10.2. The largest absolute Gasteiger partial charge is 0.337 e. The lowest BCUT2D eigenvalue weighted by Crippen LogP contribution is -2.54. The molecule has 0 radical (unpaired) electrons. The first kappa shape index (κ1) is 25.5. The van der Waals surface area contributed by atoms with Crippen molar-refractivity contribution in [1.82, 2.24) is 9.80 Å². The van der Waals surface area contributed by atoms with Crippen LogP contribution in [0.5, 0.6) is 0 Å². The Morgan fingerprint density at radius 3 is 2.41 bits per heavy atom. The molecule has 1 aromatic carbocycles. The third kappa shape index (κ3) is 5.60. The van der Waals surface area contributed by atoms with Gasteiger partial charge < -0.3 is 10.2 Å². The van der Waals surface area contributed by atoms with E-state index in [1.807, 2.05) is 13.0 Å². The highest BCUT2D eigenvalue weighted by molar-refractivity contribution is 7.91. The van der Waals surface area contributed by atoms with Crippen molar-refractivity contribution in [2.45, 2.75) is 70.2 Å². The van der Waals surface area contributed by atoms with Crippen LogP contribution >= 0.6 is 11.6 Å². The standard InChI is InChI=1S/C25H36ClN3O4S/c1-16-14-28(8-9-29(16)25(31)18-6-4-5-7-18)15-20-10-21(26)13-23(17(20)2)27-24(30)19-11-22(12-19)34(3,32)33/h10,13,16,18-19,22H,4-9,11-12,14-15H2,1-3H3,(H,27,30). The van der Waals surface area contributed by atoms with E-state index in [0.29, 0.717) is 36.0 Å². The third-order valence-corrected chi connectivity index (χ3v) is 9.72. The lowest BCUT2D eigenvalue weighted by Gasteiger charge is -2.41. The normalized spacial score (nSPS) is 26.4. The summed E-state index contributed by atoms with van der Waals surface area (Å²) in [5.41, 5.74) is 2.69. The quantitative estimate of drug-likeness (QED) is 0.632. The molecule has 34 heavy (non-hydrogen) atoms. The molecule has 1 heterocycles. The van der Waals surface area contributed by atoms with Crippen LogP contribution in [0.1, 0.15) is 56.6 Å². The highest BCUT2D eigenvalue weighted by atomic mass is 35.5. The number of nitrogens with zero attached hydrogens (tertiary/aromatic N) is 2. The minimum absolute atomic E-state index is 0.149. The van der Waals surface area contributed by atoms with Crippen molar-refractivity contribution in [3.05, 3.63) is 28.3 Å². The molecule has 3 fully saturated rings. The average Bonchev–Trinajstić information content (AvgIpc) is 3.24. The molecular formula is C25H36ClN3O4S. The summed E-state index contributed by atoms with van der Waals surface area (Å²) in [6.07, 6.45) is 6.35. The second-order valence-electron chi connectivity index (χ2n) is 10.4. The number of hydrogen-bond acceptors (Lipinski definition) is 5. The Morgan fingerprint density at radius 1 is 1.12 bits per heavy atom. The maximum atomic E-state index is 12.9. The van der Waals surface area contributed by atoms with Crippen LogP contribution in [0.4, 0.5) is 5.69 Å². The number of anilines is 1. The molecule has 1 unspecified atom stereocenters. The minimum atomic E-state index is -3.09. The fourth-order valence-electron chi connectivity index (χ4n) is 5.55. The third-order valence-electron chi connectivity index (χ3n) is 7.90. The number of benzene rings is 1. The van der Waals surface area contributed by atoms with Gasteiger partial charge in [0.15, 0.2) is 0 Å². The van der Waals surface area contributed by atoms with Crippen molar-refractivity contribution in [3.8, 4) is 0 Å². The van der Waals surface area contributed by atoms with Crippen molar-refractivity contribution < 1.29 is 18.0 Å². The van der Waals surface area contributed by atoms with E-state index in [4.69, 9.17) is 11.6 Å². The molecule has 1 saturated heterocycles. The fraction of sp³-hybridized carbons (Fsp3) is 0.680. The molecule has 188 valence electrons. The number of sulfone groups is 1. The summed E-state index contributed by atoms with van der Waals surface area (Å²) in [7, 11) is -3.09. The fourth-order valence-corrected chi connectivity index (χ4v) is 6.95. The van der Waals surface area contributed by atoms with Gasteiger partial charge in [-0.1, -0.05) is 24.4 Å². The number of rotatable bonds is 6. The summed E-state index contributed by atoms with van der Waals surface area (Å²) in [5.74, 6) is 0.0955. The van der Waals surface area contributed by atoms with Gasteiger partial charge in [0.25, 0.3) is 0 Å². The Bertz CT molecular complexity index is 1050. The number of carbonyl (C=O) groups excluding carboxylic acids is 2. The molecule has 7 nitrogen and oxygen atoms in total. The van der Waals surface area contributed by atoms with Gasteiger partial charge in [-0.25, -0.2) is 8.42 Å². The number of piperazine rings is 1. The molecule has 1 aromatic rings. The van der Waals surface area contributed by atoms with Crippen LogP contribution in [0.25, 0.3) is 0 Å². The first-order valence-electron chi connectivity index (χ1n) is 12.3. The van der Waals surface area contributed by atoms with E-state index in [2.05, 4.69) is 22.0 Å². The molecule has 1 N–H and O–H groups in total. The molecule has 0 spiro atoms. The van der Waals surface area contributed by atoms with Gasteiger partial charge in [-0.15, -0.1) is 0 Å². The van der Waals surface area contributed by atoms with Crippen molar-refractivity contribution in [3.63, 3.8) is 0 Å². The van der Waals surface area contributed by atoms with E-state index in [9.17, 15) is 18.0 Å². The van der Waals surface area contributed by atoms with Gasteiger partial charge in [0.1, 0.15) is 9.84 Å². The zero-order valence-electron chi connectivity index (χ0n) is 20.3. The van der Waals surface area contributed by atoms with E-state index in [1.165, 1.54) is 6.26 Å². The number of halogens is 1. The molecule has 2 amide bonds. The molecule has 0 bridgehead atoms. The molecule has 2 aliphatic carbocycles. The van der Waals surface area contributed by atoms with Crippen molar-refractivity contribution in [2.24, 2.45) is 11.8 Å². The van der Waals surface area contributed by atoms with Crippen LogP contribution in [0, 0.1) is 18.8 Å². The predicted molar refractivity (Wildman–Crippen MR) is 135 cm³/mol. The number of carbonyl (C=O) groups is 2. The molecule has 1 atom stereocenters. The van der Waals surface area contributed by atoms with Gasteiger partial charge in [-0.2, -0.15) is 0 Å². The summed E-state index contributed by atoms with van der Waals surface area (Å²) in [6, 6.07) is 3.87. The van der Waals surface area contributed by atoms with Crippen LogP contribution in [0.2, 0.25) is 5.02 Å². The zero-order valence-corrected chi connectivity index (χ0v) is 21.9. The summed E-state index contributed by atoms with van der Waals surface area (Å²) < 4.78 is 23.3. The number of amides is 2. The number of nitrogens with one attached hydrogen (secondary N) is 1. The van der Waals surface area contributed by atoms with Crippen molar-refractivity contribution >= 4 is 38.9 Å². The minimum Gasteiger partial charge on any atom is -0.337 e. The van der Waals surface area contributed by atoms with Crippen LogP contribution in [-0.4, -0.2) is 67.2 Å². The van der Waals surface area contributed by atoms with Crippen LogP contribution < -0.4 is 5.32 Å². The lowest BCUT2D eigenvalue weighted by molar-refractivity contribution is -0.140. The molecule has 2 saturated carbocycles. The molecule has 1 aliphatic heterocycles. The second-order valence-corrected chi connectivity index (χ2v) is 13.2. The summed E-state index contributed by atoms with van der Waals surface area (Å²) in [4.78, 5) is 30.0. The Balaban J connectivity index is 1.37. The topological polar surface area (TPSA) is 86.8 Å². The highest BCUT2D eigenvalue weighted by Crippen LogP contribution is 2.35. The lowest BCUT2D eigenvalue weighted by atomic mass is 9.84. The Labute approximate surface area is 208 Å². The molecule has 9 heteroatoms. The van der Waals surface area contributed by atoms with E-state index in [-0.39, 0.29) is 23.8 Å². The zero-order chi connectivity index (χ0) is 24.6. The van der Waals surface area contributed by atoms with E-state index >= 15 is 0 Å². The van der Waals surface area contributed by atoms with Crippen LogP contribution in [0.3, 0.4) is 0 Å². The predicted octanol–water partition coefficient (Wildman–Crippen LogP) is 3.63. The number of hydrogen-bond donors (Lipinski definition) is 1. The van der Waals surface area contributed by atoms with Gasteiger partial charge in [-0.05, 0) is 62.8 Å². The SMILES string of the molecule is Cc1c(CN2CCN(C(=O)C3CCCC3)C(C)C2)cc(Cl)cc1NC(=O)C1CC(S(C)(=O)=O)C1. The van der Waals surface area contributed by atoms with Crippen molar-refractivity contribution in [1.29, 1.82) is 0 Å². The van der Waals surface area contributed by atoms with E-state index in [0.717, 1.165) is 56.4 Å². The van der Waals surface area contributed by atoms with Crippen LogP contribution in [0.15, 0.2) is 12.1 Å². The summed E-state index contributed by atoms with van der Waals surface area (Å²) in [6.45, 7) is 7.16. The Hall–Kier alpha value is -1.64. The first-order valence-corrected chi connectivity index (χ1v) is 14.7. The van der Waals surface area contributed by atoms with E-state index in [1.54, 1.807) is 6.07 Å². The van der Waals surface area contributed by atoms with Gasteiger partial charge in [0.2, 0.25) is 11.8 Å². The Morgan fingerprint density at radius 2 is 1.79 bits per heavy atom. The smallest absolute Gasteiger partial charge is 0.227 e. The van der Waals surface area contributed by atoms with E-state index < -0.39 is 15.1 Å².